The quantitative estimate of drug-likeness (QED) is 0.698. The molecule has 0 aliphatic heterocycles. The van der Waals surface area contributed by atoms with E-state index in [9.17, 15) is 13.2 Å². The van der Waals surface area contributed by atoms with Crippen molar-refractivity contribution in [1.82, 2.24) is 5.32 Å². The molecular formula is C16H23N3O3S. The molecule has 1 aromatic rings. The Labute approximate surface area is 138 Å². The Hall–Kier alpha value is -2.07. The first-order chi connectivity index (χ1) is 10.9. The Kier molecular flexibility index (Phi) is 7.55. The van der Waals surface area contributed by atoms with Crippen molar-refractivity contribution in [2.24, 2.45) is 0 Å². The van der Waals surface area contributed by atoms with Gasteiger partial charge in [0.25, 0.3) is 0 Å². The summed E-state index contributed by atoms with van der Waals surface area (Å²) in [5.41, 5.74) is 0.567. The lowest BCUT2D eigenvalue weighted by molar-refractivity contribution is -0.120. The van der Waals surface area contributed by atoms with Gasteiger partial charge < -0.3 is 5.32 Å². The van der Waals surface area contributed by atoms with Crippen LogP contribution in [0.1, 0.15) is 38.2 Å². The van der Waals surface area contributed by atoms with Crippen LogP contribution in [0.15, 0.2) is 24.3 Å². The maximum absolute atomic E-state index is 12.0. The molecule has 0 saturated heterocycles. The lowest BCUT2D eigenvalue weighted by atomic mass is 10.2. The Morgan fingerprint density at radius 3 is 2.61 bits per heavy atom. The van der Waals surface area contributed by atoms with Gasteiger partial charge in [-0.25, -0.2) is 8.42 Å². The highest BCUT2D eigenvalue weighted by Gasteiger charge is 2.21. The topological polar surface area (TPSA) is 90.3 Å². The zero-order valence-corrected chi connectivity index (χ0v) is 14.4. The molecule has 0 atom stereocenters. The van der Waals surface area contributed by atoms with E-state index in [4.69, 9.17) is 5.26 Å². The van der Waals surface area contributed by atoms with E-state index < -0.39 is 10.0 Å². The lowest BCUT2D eigenvalue weighted by Crippen LogP contribution is -2.35. The van der Waals surface area contributed by atoms with Gasteiger partial charge >= 0.3 is 0 Å². The van der Waals surface area contributed by atoms with Gasteiger partial charge in [-0.15, -0.1) is 0 Å². The summed E-state index contributed by atoms with van der Waals surface area (Å²) < 4.78 is 25.1. The summed E-state index contributed by atoms with van der Waals surface area (Å²) >= 11 is 0. The highest BCUT2D eigenvalue weighted by molar-refractivity contribution is 7.92. The van der Waals surface area contributed by atoms with Crippen LogP contribution >= 0.6 is 0 Å². The summed E-state index contributed by atoms with van der Waals surface area (Å²) in [5.74, 6) is -0.191. The highest BCUT2D eigenvalue weighted by atomic mass is 32.2. The Morgan fingerprint density at radius 2 is 2.00 bits per heavy atom. The van der Waals surface area contributed by atoms with Crippen molar-refractivity contribution in [3.05, 3.63) is 29.8 Å². The fourth-order valence-corrected chi connectivity index (χ4v) is 3.08. The summed E-state index contributed by atoms with van der Waals surface area (Å²) in [4.78, 5) is 11.8. The van der Waals surface area contributed by atoms with E-state index in [0.29, 0.717) is 12.2 Å². The molecular weight excluding hydrogens is 314 g/mol. The van der Waals surface area contributed by atoms with Crippen molar-refractivity contribution in [1.29, 1.82) is 5.26 Å². The maximum atomic E-state index is 12.0. The lowest BCUT2D eigenvalue weighted by Gasteiger charge is -2.23. The fourth-order valence-electron chi connectivity index (χ4n) is 2.14. The number of carbonyl (C=O) groups is 1. The van der Waals surface area contributed by atoms with E-state index >= 15 is 0 Å². The van der Waals surface area contributed by atoms with E-state index in [2.05, 4.69) is 12.2 Å². The molecule has 0 bridgehead atoms. The van der Waals surface area contributed by atoms with Gasteiger partial charge in [0.15, 0.2) is 0 Å². The number of benzene rings is 1. The summed E-state index contributed by atoms with van der Waals surface area (Å²) in [6.45, 7) is 2.69. The molecule has 126 valence electrons. The third-order valence-electron chi connectivity index (χ3n) is 3.34. The van der Waals surface area contributed by atoms with Gasteiger partial charge in [-0.3, -0.25) is 9.10 Å². The first kappa shape index (κ1) is 19.0. The first-order valence-corrected chi connectivity index (χ1v) is 9.48. The monoisotopic (exact) mass is 337 g/mol. The molecule has 1 amide bonds. The summed E-state index contributed by atoms with van der Waals surface area (Å²) in [6, 6.07) is 8.43. The number of nitriles is 1. The van der Waals surface area contributed by atoms with Crippen LogP contribution in [0.2, 0.25) is 0 Å². The molecule has 0 unspecified atom stereocenters. The Bertz CT molecular complexity index is 665. The van der Waals surface area contributed by atoms with Gasteiger partial charge in [-0.1, -0.05) is 31.9 Å². The minimum Gasteiger partial charge on any atom is -0.356 e. The van der Waals surface area contributed by atoms with Crippen LogP contribution in [0.5, 0.6) is 0 Å². The number of carbonyl (C=O) groups excluding carboxylic acids is 1. The van der Waals surface area contributed by atoms with Crippen LogP contribution in [0.3, 0.4) is 0 Å². The molecule has 0 radical (unpaired) electrons. The van der Waals surface area contributed by atoms with Crippen LogP contribution in [0.4, 0.5) is 5.69 Å². The Balaban J connectivity index is 2.75. The molecule has 0 saturated carbocycles. The van der Waals surface area contributed by atoms with Crippen molar-refractivity contribution in [3.8, 4) is 6.07 Å². The second-order valence-electron chi connectivity index (χ2n) is 5.27. The number of hydrogen-bond acceptors (Lipinski definition) is 4. The van der Waals surface area contributed by atoms with Crippen LogP contribution in [-0.2, 0) is 14.8 Å². The van der Waals surface area contributed by atoms with Gasteiger partial charge in [-0.2, -0.15) is 5.26 Å². The number of unbranched alkanes of at least 4 members (excludes halogenated alkanes) is 2. The van der Waals surface area contributed by atoms with Gasteiger partial charge in [0.05, 0.1) is 17.5 Å². The second-order valence-corrected chi connectivity index (χ2v) is 7.18. The van der Waals surface area contributed by atoms with Crippen molar-refractivity contribution >= 4 is 21.6 Å². The van der Waals surface area contributed by atoms with E-state index in [1.807, 2.05) is 6.07 Å². The van der Waals surface area contributed by atoms with Gasteiger partial charge in [0, 0.05) is 19.5 Å². The number of hydrogen-bond donors (Lipinski definition) is 1. The number of nitrogens with zero attached hydrogens (tertiary/aromatic N) is 2. The van der Waals surface area contributed by atoms with E-state index in [0.717, 1.165) is 29.8 Å². The molecule has 1 aromatic carbocycles. The molecule has 0 aliphatic rings. The molecule has 0 spiro atoms. The predicted molar refractivity (Wildman–Crippen MR) is 90.5 cm³/mol. The number of rotatable bonds is 9. The van der Waals surface area contributed by atoms with Crippen LogP contribution in [0, 0.1) is 11.3 Å². The van der Waals surface area contributed by atoms with Crippen molar-refractivity contribution in [2.75, 3.05) is 23.7 Å². The highest BCUT2D eigenvalue weighted by Crippen LogP contribution is 2.22. The fraction of sp³-hybridized carbons (Fsp3) is 0.500. The average Bonchev–Trinajstić information content (AvgIpc) is 2.51. The largest absolute Gasteiger partial charge is 0.356 e. The molecule has 7 heteroatoms. The van der Waals surface area contributed by atoms with Gasteiger partial charge in [0.1, 0.15) is 6.07 Å². The van der Waals surface area contributed by atoms with Crippen LogP contribution < -0.4 is 9.62 Å². The minimum atomic E-state index is -3.57. The molecule has 0 heterocycles. The molecule has 0 aromatic heterocycles. The van der Waals surface area contributed by atoms with Crippen LogP contribution in [0.25, 0.3) is 0 Å². The number of anilines is 1. The van der Waals surface area contributed by atoms with E-state index in [-0.39, 0.29) is 24.4 Å². The smallest absolute Gasteiger partial charge is 0.232 e. The molecule has 23 heavy (non-hydrogen) atoms. The summed E-state index contributed by atoms with van der Waals surface area (Å²) in [5, 5.41) is 11.9. The summed E-state index contributed by atoms with van der Waals surface area (Å²) in [6.07, 6.45) is 4.16. The van der Waals surface area contributed by atoms with Gasteiger partial charge in [0.2, 0.25) is 15.9 Å². The van der Waals surface area contributed by atoms with Crippen molar-refractivity contribution in [2.45, 2.75) is 32.6 Å². The van der Waals surface area contributed by atoms with Gasteiger partial charge in [-0.05, 0) is 18.6 Å². The van der Waals surface area contributed by atoms with E-state index in [1.54, 1.807) is 24.3 Å². The SMILES string of the molecule is CCCCCNC(=O)CCN(c1ccccc1C#N)S(C)(=O)=O. The molecule has 0 fully saturated rings. The second kappa shape index (κ2) is 9.16. The average molecular weight is 337 g/mol. The Morgan fingerprint density at radius 1 is 1.30 bits per heavy atom. The van der Waals surface area contributed by atoms with E-state index in [1.165, 1.54) is 0 Å². The normalized spacial score (nSPS) is 10.8. The zero-order chi connectivity index (χ0) is 17.3. The van der Waals surface area contributed by atoms with Crippen molar-refractivity contribution < 1.29 is 13.2 Å². The minimum absolute atomic E-state index is 0.0110. The molecule has 1 N–H and O–H groups in total. The zero-order valence-electron chi connectivity index (χ0n) is 13.6. The summed E-state index contributed by atoms with van der Waals surface area (Å²) in [7, 11) is -3.57. The molecule has 1 rings (SSSR count). The maximum Gasteiger partial charge on any atom is 0.232 e. The molecule has 0 aliphatic carbocycles. The third-order valence-corrected chi connectivity index (χ3v) is 4.52. The number of amides is 1. The predicted octanol–water partition coefficient (Wildman–Crippen LogP) is 2.02. The molecule has 6 nitrogen and oxygen atoms in total. The third kappa shape index (κ3) is 6.28. The number of para-hydroxylation sites is 1. The number of nitrogens with one attached hydrogen (secondary N) is 1. The standard InChI is InChI=1S/C16H23N3O3S/c1-3-4-7-11-18-16(20)10-12-19(23(2,21)22)15-9-6-5-8-14(15)13-17/h5-6,8-9H,3-4,7,10-12H2,1-2H3,(H,18,20). The first-order valence-electron chi connectivity index (χ1n) is 7.63. The van der Waals surface area contributed by atoms with Crippen molar-refractivity contribution in [3.63, 3.8) is 0 Å². The van der Waals surface area contributed by atoms with Crippen LogP contribution in [-0.4, -0.2) is 33.7 Å². The number of sulfonamides is 1.